The van der Waals surface area contributed by atoms with E-state index in [1.54, 1.807) is 19.1 Å². The first-order valence-corrected chi connectivity index (χ1v) is 10.5. The van der Waals surface area contributed by atoms with Gasteiger partial charge in [0.15, 0.2) is 14.9 Å². The van der Waals surface area contributed by atoms with Crippen molar-refractivity contribution in [3.63, 3.8) is 0 Å². The lowest BCUT2D eigenvalue weighted by Crippen LogP contribution is -2.16. The minimum absolute atomic E-state index is 0.0198. The fourth-order valence-electron chi connectivity index (χ4n) is 2.01. The molecule has 2 aromatic rings. The van der Waals surface area contributed by atoms with Crippen molar-refractivity contribution in [3.8, 4) is 0 Å². The summed E-state index contributed by atoms with van der Waals surface area (Å²) in [6.45, 7) is 5.72. The number of benzene rings is 2. The minimum Gasteiger partial charge on any atom is -0.461 e. The average Bonchev–Trinajstić information content (AvgIpc) is 2.61. The molecule has 0 heterocycles. The van der Waals surface area contributed by atoms with Crippen LogP contribution in [-0.2, 0) is 19.4 Å². The van der Waals surface area contributed by atoms with E-state index in [1.165, 1.54) is 12.1 Å². The van der Waals surface area contributed by atoms with Crippen molar-refractivity contribution in [2.45, 2.75) is 30.6 Å². The van der Waals surface area contributed by atoms with E-state index in [0.29, 0.717) is 0 Å². The zero-order valence-corrected chi connectivity index (χ0v) is 16.6. The maximum Gasteiger partial charge on any atom is 0.363 e. The molecule has 0 saturated heterocycles. The largest absolute Gasteiger partial charge is 0.461 e. The molecule has 5 nitrogen and oxygen atoms in total. The summed E-state index contributed by atoms with van der Waals surface area (Å²) < 4.78 is 29.9. The molecule has 0 aliphatic heterocycles. The second kappa shape index (κ2) is 9.00. The van der Waals surface area contributed by atoms with E-state index in [1.807, 2.05) is 38.1 Å². The number of ether oxygens (including phenoxy) is 1. The summed E-state index contributed by atoms with van der Waals surface area (Å²) in [5, 5.41) is 0.0198. The van der Waals surface area contributed by atoms with Crippen LogP contribution in [0.25, 0.3) is 0 Å². The van der Waals surface area contributed by atoms with Crippen LogP contribution in [-0.4, -0.2) is 31.9 Å². The molecule has 2 rings (SSSR count). The number of hydrogen-bond donors (Lipinski definition) is 0. The Bertz CT molecular complexity index is 886. The average molecular weight is 392 g/mol. The summed E-state index contributed by atoms with van der Waals surface area (Å²) in [7, 11) is -3.63. The summed E-state index contributed by atoms with van der Waals surface area (Å²) >= 11 is 1.09. The quantitative estimate of drug-likeness (QED) is 0.336. The van der Waals surface area contributed by atoms with Crippen LogP contribution in [0, 0.1) is 13.8 Å². The number of sulfone groups is 1. The van der Waals surface area contributed by atoms with Gasteiger partial charge in [-0.05, 0) is 45.0 Å². The van der Waals surface area contributed by atoms with Gasteiger partial charge in [0.2, 0.25) is 0 Å². The number of rotatable bonds is 5. The summed E-state index contributed by atoms with van der Waals surface area (Å²) in [6.07, 6.45) is 0. The van der Waals surface area contributed by atoms with Gasteiger partial charge < -0.3 is 4.74 Å². The Morgan fingerprint density at radius 1 is 1.00 bits per heavy atom. The molecule has 7 heteroatoms. The minimum atomic E-state index is -3.63. The van der Waals surface area contributed by atoms with Gasteiger partial charge in [0.05, 0.1) is 11.5 Å². The standard InChI is InChI=1S/C19H21NO4S2/c1-4-24-19(21)18(25-16-9-5-14(2)6-10-16)20-13-26(22,23)17-11-7-15(3)8-12-17/h5-12H,4,13H2,1-3H3/b20-18-. The first kappa shape index (κ1) is 20.2. The highest BCUT2D eigenvalue weighted by atomic mass is 32.2. The fraction of sp³-hybridized carbons (Fsp3) is 0.263. The number of aliphatic imine (C=N–C) groups is 1. The Hall–Kier alpha value is -2.12. The number of esters is 1. The van der Waals surface area contributed by atoms with Crippen molar-refractivity contribution in [1.82, 2.24) is 0 Å². The van der Waals surface area contributed by atoms with Gasteiger partial charge in [0, 0.05) is 4.90 Å². The van der Waals surface area contributed by atoms with Crippen molar-refractivity contribution in [3.05, 3.63) is 59.7 Å². The molecule has 0 aromatic heterocycles. The molecular weight excluding hydrogens is 370 g/mol. The molecular formula is C19H21NO4S2. The SMILES string of the molecule is CCOC(=O)/C(=N/CS(=O)(=O)c1ccc(C)cc1)Sc1ccc(C)cc1. The number of carbonyl (C=O) groups excluding carboxylic acids is 1. The number of aryl methyl sites for hydroxylation is 2. The van der Waals surface area contributed by atoms with Gasteiger partial charge in [-0.2, -0.15) is 0 Å². The first-order chi connectivity index (χ1) is 12.3. The second-order valence-corrected chi connectivity index (χ2v) is 8.68. The van der Waals surface area contributed by atoms with Gasteiger partial charge in [-0.25, -0.2) is 13.2 Å². The molecule has 26 heavy (non-hydrogen) atoms. The van der Waals surface area contributed by atoms with Crippen molar-refractivity contribution in [2.75, 3.05) is 12.5 Å². The highest BCUT2D eigenvalue weighted by Crippen LogP contribution is 2.22. The molecule has 0 unspecified atom stereocenters. The molecule has 0 spiro atoms. The van der Waals surface area contributed by atoms with Crippen LogP contribution in [0.15, 0.2) is 63.3 Å². The van der Waals surface area contributed by atoms with E-state index >= 15 is 0 Å². The molecule has 0 fully saturated rings. The van der Waals surface area contributed by atoms with E-state index in [4.69, 9.17) is 4.74 Å². The summed E-state index contributed by atoms with van der Waals surface area (Å²) in [5.41, 5.74) is 2.06. The van der Waals surface area contributed by atoms with Crippen LogP contribution in [0.3, 0.4) is 0 Å². The molecule has 0 radical (unpaired) electrons. The van der Waals surface area contributed by atoms with Crippen molar-refractivity contribution < 1.29 is 17.9 Å². The zero-order valence-electron chi connectivity index (χ0n) is 14.9. The van der Waals surface area contributed by atoms with Gasteiger partial charge in [-0.15, -0.1) is 0 Å². The van der Waals surface area contributed by atoms with Gasteiger partial charge in [-0.1, -0.05) is 47.2 Å². The Morgan fingerprint density at radius 3 is 2.08 bits per heavy atom. The summed E-state index contributed by atoms with van der Waals surface area (Å²) in [5.74, 6) is -1.14. The molecule has 0 aliphatic carbocycles. The van der Waals surface area contributed by atoms with Crippen LogP contribution >= 0.6 is 11.8 Å². The Balaban J connectivity index is 2.24. The third-order valence-electron chi connectivity index (χ3n) is 3.44. The molecule has 0 atom stereocenters. The lowest BCUT2D eigenvalue weighted by molar-refractivity contribution is -0.134. The molecule has 0 aliphatic rings. The van der Waals surface area contributed by atoms with Crippen molar-refractivity contribution in [2.24, 2.45) is 4.99 Å². The molecule has 0 amide bonds. The van der Waals surface area contributed by atoms with Gasteiger partial charge in [0.25, 0.3) is 0 Å². The fourth-order valence-corrected chi connectivity index (χ4v) is 3.86. The molecule has 0 bridgehead atoms. The van der Waals surface area contributed by atoms with Crippen LogP contribution in [0.2, 0.25) is 0 Å². The number of hydrogen-bond acceptors (Lipinski definition) is 6. The normalized spacial score (nSPS) is 12.0. The summed E-state index contributed by atoms with van der Waals surface area (Å²) in [4.78, 5) is 17.2. The van der Waals surface area contributed by atoms with Crippen LogP contribution < -0.4 is 0 Å². The Kier molecular flexibility index (Phi) is 6.99. The zero-order chi connectivity index (χ0) is 19.2. The Labute approximate surface area is 158 Å². The summed E-state index contributed by atoms with van der Waals surface area (Å²) in [6, 6.07) is 14.1. The van der Waals surface area contributed by atoms with E-state index < -0.39 is 21.7 Å². The molecule has 2 aromatic carbocycles. The molecule has 0 saturated carbocycles. The monoisotopic (exact) mass is 391 g/mol. The van der Waals surface area contributed by atoms with Crippen molar-refractivity contribution >= 4 is 32.6 Å². The lowest BCUT2D eigenvalue weighted by Gasteiger charge is -2.07. The van der Waals surface area contributed by atoms with E-state index in [0.717, 1.165) is 27.8 Å². The highest BCUT2D eigenvalue weighted by Gasteiger charge is 2.19. The van der Waals surface area contributed by atoms with Crippen molar-refractivity contribution in [1.29, 1.82) is 0 Å². The third-order valence-corrected chi connectivity index (χ3v) is 5.90. The Morgan fingerprint density at radius 2 is 1.54 bits per heavy atom. The van der Waals surface area contributed by atoms with E-state index in [-0.39, 0.29) is 16.5 Å². The topological polar surface area (TPSA) is 72.8 Å². The van der Waals surface area contributed by atoms with E-state index in [2.05, 4.69) is 4.99 Å². The highest BCUT2D eigenvalue weighted by molar-refractivity contribution is 8.15. The van der Waals surface area contributed by atoms with E-state index in [9.17, 15) is 13.2 Å². The first-order valence-electron chi connectivity index (χ1n) is 8.07. The maximum absolute atomic E-state index is 12.5. The predicted molar refractivity (Wildman–Crippen MR) is 104 cm³/mol. The molecule has 138 valence electrons. The lowest BCUT2D eigenvalue weighted by atomic mass is 10.2. The maximum atomic E-state index is 12.5. The smallest absolute Gasteiger partial charge is 0.363 e. The van der Waals surface area contributed by atoms with Gasteiger partial charge >= 0.3 is 5.97 Å². The van der Waals surface area contributed by atoms with Gasteiger partial charge in [0.1, 0.15) is 5.88 Å². The second-order valence-electron chi connectivity index (χ2n) is 5.66. The van der Waals surface area contributed by atoms with Crippen LogP contribution in [0.4, 0.5) is 0 Å². The number of carbonyl (C=O) groups is 1. The predicted octanol–water partition coefficient (Wildman–Crippen LogP) is 3.79. The van der Waals surface area contributed by atoms with Gasteiger partial charge in [-0.3, -0.25) is 4.99 Å². The molecule has 0 N–H and O–H groups in total. The third kappa shape index (κ3) is 5.71. The number of thioether (sulfide) groups is 1. The number of nitrogens with zero attached hydrogens (tertiary/aromatic N) is 1. The van der Waals surface area contributed by atoms with Crippen LogP contribution in [0.1, 0.15) is 18.1 Å². The van der Waals surface area contributed by atoms with Crippen LogP contribution in [0.5, 0.6) is 0 Å².